The Hall–Kier alpha value is -1.75. The lowest BCUT2D eigenvalue weighted by Gasteiger charge is -2.29. The summed E-state index contributed by atoms with van der Waals surface area (Å²) in [5, 5.41) is 3.22. The third kappa shape index (κ3) is 6.90. The highest BCUT2D eigenvalue weighted by Crippen LogP contribution is 2.28. The number of nitrogens with one attached hydrogen (secondary N) is 1. The lowest BCUT2D eigenvalue weighted by molar-refractivity contribution is -0.118. The molecule has 11 heteroatoms. The van der Waals surface area contributed by atoms with Gasteiger partial charge in [-0.3, -0.25) is 9.69 Å². The van der Waals surface area contributed by atoms with Crippen LogP contribution in [0.2, 0.25) is 0 Å². The van der Waals surface area contributed by atoms with Crippen LogP contribution in [-0.4, -0.2) is 69.1 Å². The number of nitrogens with two attached hydrogens (primary N) is 1. The smallest absolute Gasteiger partial charge is 0.414 e. The van der Waals surface area contributed by atoms with Crippen LogP contribution in [0.15, 0.2) is 18.2 Å². The van der Waals surface area contributed by atoms with Gasteiger partial charge in [0.15, 0.2) is 0 Å². The third-order valence-electron chi connectivity index (χ3n) is 4.76. The third-order valence-corrected chi connectivity index (χ3v) is 5.74. The number of ether oxygens (including phenoxy) is 2. The van der Waals surface area contributed by atoms with E-state index >= 15 is 0 Å². The first-order valence-electron chi connectivity index (χ1n) is 9.72. The summed E-state index contributed by atoms with van der Waals surface area (Å²) in [4.78, 5) is 26.3. The molecule has 1 aromatic rings. The molecule has 0 unspecified atom stereocenters. The number of thioether (sulfide) groups is 1. The maximum atomic E-state index is 14.6. The van der Waals surface area contributed by atoms with E-state index in [1.165, 1.54) is 11.0 Å². The number of halogens is 2. The second kappa shape index (κ2) is 12.2. The fourth-order valence-corrected chi connectivity index (χ4v) is 4.03. The predicted octanol–water partition coefficient (Wildman–Crippen LogP) is 1.96. The van der Waals surface area contributed by atoms with Crippen molar-refractivity contribution in [1.82, 2.24) is 5.32 Å². The molecule has 1 aromatic carbocycles. The molecule has 2 aliphatic heterocycles. The molecule has 2 aliphatic rings. The quantitative estimate of drug-likeness (QED) is 0.405. The Bertz CT molecular complexity index is 724. The molecular formula is C19H28ClFN4O4S. The van der Waals surface area contributed by atoms with Gasteiger partial charge in [0.05, 0.1) is 31.1 Å². The lowest BCUT2D eigenvalue weighted by atomic mass is 10.2. The van der Waals surface area contributed by atoms with Crippen LogP contribution < -0.4 is 20.9 Å². The van der Waals surface area contributed by atoms with Crippen LogP contribution in [0.5, 0.6) is 0 Å². The Labute approximate surface area is 186 Å². The summed E-state index contributed by atoms with van der Waals surface area (Å²) in [6, 6.07) is 4.84. The number of anilines is 2. The Kier molecular flexibility index (Phi) is 9.96. The number of nitrogens with zero attached hydrogens (tertiary/aromatic N) is 2. The maximum absolute atomic E-state index is 14.6. The Balaban J connectivity index is 0.00000320. The molecule has 30 heavy (non-hydrogen) atoms. The van der Waals surface area contributed by atoms with E-state index in [9.17, 15) is 14.0 Å². The average molecular weight is 463 g/mol. The zero-order valence-electron chi connectivity index (χ0n) is 16.7. The van der Waals surface area contributed by atoms with Crippen LogP contribution in [0.3, 0.4) is 0 Å². The monoisotopic (exact) mass is 462 g/mol. The molecule has 2 heterocycles. The van der Waals surface area contributed by atoms with Crippen LogP contribution in [0.1, 0.15) is 12.8 Å². The van der Waals surface area contributed by atoms with E-state index in [-0.39, 0.29) is 30.2 Å². The van der Waals surface area contributed by atoms with E-state index in [0.717, 1.165) is 12.2 Å². The molecule has 8 nitrogen and oxygen atoms in total. The Morgan fingerprint density at radius 2 is 2.10 bits per heavy atom. The van der Waals surface area contributed by atoms with Gasteiger partial charge < -0.3 is 25.4 Å². The molecule has 0 radical (unpaired) electrons. The summed E-state index contributed by atoms with van der Waals surface area (Å²) in [6.45, 7) is 3.34. The summed E-state index contributed by atoms with van der Waals surface area (Å²) < 4.78 is 25.3. The number of morpholine rings is 1. The molecule has 3 N–H and O–H groups in total. The van der Waals surface area contributed by atoms with Crippen molar-refractivity contribution in [1.29, 1.82) is 0 Å². The van der Waals surface area contributed by atoms with Crippen LogP contribution in [0, 0.1) is 5.82 Å². The molecule has 2 fully saturated rings. The van der Waals surface area contributed by atoms with Gasteiger partial charge in [-0.2, -0.15) is 0 Å². The van der Waals surface area contributed by atoms with Crippen molar-refractivity contribution in [3.63, 3.8) is 0 Å². The molecule has 0 bridgehead atoms. The van der Waals surface area contributed by atoms with E-state index in [0.29, 0.717) is 63.1 Å². The molecule has 1 atom stereocenters. The van der Waals surface area contributed by atoms with Crippen molar-refractivity contribution in [3.05, 3.63) is 24.0 Å². The number of hydrogen-bond donors (Lipinski definition) is 2. The number of primary amides is 1. The Morgan fingerprint density at radius 3 is 2.80 bits per heavy atom. The summed E-state index contributed by atoms with van der Waals surface area (Å²) >= 11 is 1.66. The van der Waals surface area contributed by atoms with E-state index in [1.807, 2.05) is 4.90 Å². The number of rotatable bonds is 10. The van der Waals surface area contributed by atoms with Gasteiger partial charge in [-0.15, -0.1) is 24.2 Å². The summed E-state index contributed by atoms with van der Waals surface area (Å²) in [5.41, 5.74) is 6.12. The molecule has 2 amide bonds. The highest BCUT2D eigenvalue weighted by atomic mass is 35.5. The van der Waals surface area contributed by atoms with Crippen molar-refractivity contribution in [2.45, 2.75) is 18.9 Å². The molecule has 168 valence electrons. The first-order chi connectivity index (χ1) is 14.0. The van der Waals surface area contributed by atoms with Crippen molar-refractivity contribution in [2.24, 2.45) is 5.73 Å². The van der Waals surface area contributed by atoms with Gasteiger partial charge in [-0.25, -0.2) is 9.18 Å². The number of hydrogen-bond acceptors (Lipinski definition) is 7. The largest absolute Gasteiger partial charge is 0.443 e. The van der Waals surface area contributed by atoms with Gasteiger partial charge in [-0.05, 0) is 30.4 Å². The predicted molar refractivity (Wildman–Crippen MR) is 118 cm³/mol. The van der Waals surface area contributed by atoms with E-state index in [4.69, 9.17) is 15.2 Å². The van der Waals surface area contributed by atoms with Gasteiger partial charge in [0.2, 0.25) is 5.91 Å². The lowest BCUT2D eigenvalue weighted by Crippen LogP contribution is -2.36. The molecule has 0 aliphatic carbocycles. The van der Waals surface area contributed by atoms with Gasteiger partial charge in [-0.1, -0.05) is 0 Å². The normalized spacial score (nSPS) is 18.8. The summed E-state index contributed by atoms with van der Waals surface area (Å²) in [7, 11) is 0. The van der Waals surface area contributed by atoms with Crippen molar-refractivity contribution < 1.29 is 23.5 Å². The summed E-state index contributed by atoms with van der Waals surface area (Å²) in [5.74, 6) is 0.883. The molecule has 0 aromatic heterocycles. The highest BCUT2D eigenvalue weighted by molar-refractivity contribution is 7.99. The minimum absolute atomic E-state index is 0. The number of carbonyl (C=O) groups excluding carboxylic acids is 2. The van der Waals surface area contributed by atoms with Crippen molar-refractivity contribution in [2.75, 3.05) is 60.8 Å². The SMILES string of the molecule is Cl.NC(=O)CCCSCNC[C@H]1CN(c2ccc(N3CCOCC3)c(F)c2)C(=O)O1. The zero-order chi connectivity index (χ0) is 20.6. The van der Waals surface area contributed by atoms with Crippen LogP contribution >= 0.6 is 24.2 Å². The van der Waals surface area contributed by atoms with Crippen LogP contribution in [0.4, 0.5) is 20.6 Å². The van der Waals surface area contributed by atoms with E-state index in [1.54, 1.807) is 23.9 Å². The summed E-state index contributed by atoms with van der Waals surface area (Å²) in [6.07, 6.45) is 0.378. The molecule has 3 rings (SSSR count). The topological polar surface area (TPSA) is 97.1 Å². The maximum Gasteiger partial charge on any atom is 0.414 e. The second-order valence-electron chi connectivity index (χ2n) is 6.93. The van der Waals surface area contributed by atoms with Crippen LogP contribution in [0.25, 0.3) is 0 Å². The zero-order valence-corrected chi connectivity index (χ0v) is 18.3. The molecule has 0 saturated carbocycles. The van der Waals surface area contributed by atoms with Gasteiger partial charge in [0, 0.05) is 31.9 Å². The van der Waals surface area contributed by atoms with Crippen LogP contribution in [-0.2, 0) is 14.3 Å². The molecule has 2 saturated heterocycles. The number of carbonyl (C=O) groups is 2. The van der Waals surface area contributed by atoms with Crippen molar-refractivity contribution in [3.8, 4) is 0 Å². The number of benzene rings is 1. The Morgan fingerprint density at radius 1 is 1.33 bits per heavy atom. The highest BCUT2D eigenvalue weighted by Gasteiger charge is 2.32. The minimum atomic E-state index is -0.468. The fourth-order valence-electron chi connectivity index (χ4n) is 3.28. The molecule has 0 spiro atoms. The first kappa shape index (κ1) is 24.5. The number of amides is 2. The first-order valence-corrected chi connectivity index (χ1v) is 10.9. The van der Waals surface area contributed by atoms with E-state index in [2.05, 4.69) is 5.32 Å². The average Bonchev–Trinajstić information content (AvgIpc) is 3.08. The number of cyclic esters (lactones) is 1. The fraction of sp³-hybridized carbons (Fsp3) is 0.579. The molecular weight excluding hydrogens is 435 g/mol. The minimum Gasteiger partial charge on any atom is -0.443 e. The second-order valence-corrected chi connectivity index (χ2v) is 8.03. The van der Waals surface area contributed by atoms with Crippen molar-refractivity contribution >= 4 is 47.5 Å². The van der Waals surface area contributed by atoms with Gasteiger partial charge in [0.25, 0.3) is 0 Å². The van der Waals surface area contributed by atoms with Gasteiger partial charge in [0.1, 0.15) is 11.9 Å². The van der Waals surface area contributed by atoms with E-state index < -0.39 is 6.09 Å². The standard InChI is InChI=1S/C19H27FN4O4S.ClH/c20-16-10-14(3-4-17(16)23-5-7-27-8-6-23)24-12-15(28-19(24)26)11-22-13-29-9-1-2-18(21)25;/h3-4,10,15,22H,1-2,5-9,11-13H2,(H2,21,25);1H/t15-;/m0./s1. The van der Waals surface area contributed by atoms with Gasteiger partial charge >= 0.3 is 6.09 Å².